The third-order valence-corrected chi connectivity index (χ3v) is 4.53. The first-order valence-corrected chi connectivity index (χ1v) is 8.19. The molecule has 1 aliphatic rings. The lowest BCUT2D eigenvalue weighted by molar-refractivity contribution is 0.149. The Hall–Kier alpha value is -1.75. The van der Waals surface area contributed by atoms with E-state index >= 15 is 0 Å². The zero-order chi connectivity index (χ0) is 15.5. The molecule has 0 radical (unpaired) electrons. The van der Waals surface area contributed by atoms with Crippen LogP contribution in [0, 0.1) is 12.8 Å². The van der Waals surface area contributed by atoms with Crippen molar-refractivity contribution < 1.29 is 0 Å². The minimum Gasteiger partial charge on any atom is -0.301 e. The average molecular weight is 299 g/mol. The molecule has 2 aromatic rings. The van der Waals surface area contributed by atoms with E-state index in [-0.39, 0.29) is 0 Å². The zero-order valence-electron chi connectivity index (χ0n) is 13.7. The molecule has 3 heterocycles. The lowest BCUT2D eigenvalue weighted by Crippen LogP contribution is -2.38. The number of nitrogens with zero attached hydrogens (tertiary/aromatic N) is 4. The number of hydrogen-bond donors (Lipinski definition) is 1. The third-order valence-electron chi connectivity index (χ3n) is 4.53. The largest absolute Gasteiger partial charge is 0.301 e. The van der Waals surface area contributed by atoms with Gasteiger partial charge in [-0.1, -0.05) is 0 Å². The number of aromatic amines is 1. The van der Waals surface area contributed by atoms with Gasteiger partial charge < -0.3 is 4.90 Å². The summed E-state index contributed by atoms with van der Waals surface area (Å²) in [5.41, 5.74) is 3.87. The molecular weight excluding hydrogens is 274 g/mol. The van der Waals surface area contributed by atoms with E-state index in [4.69, 9.17) is 4.98 Å². The molecule has 2 aromatic heterocycles. The van der Waals surface area contributed by atoms with Crippen LogP contribution >= 0.6 is 0 Å². The summed E-state index contributed by atoms with van der Waals surface area (Å²) in [4.78, 5) is 11.7. The number of aromatic nitrogens is 4. The number of likely N-dealkylation sites (tertiary alicyclic amines) is 1. The van der Waals surface area contributed by atoms with Gasteiger partial charge in [0.25, 0.3) is 0 Å². The predicted octanol–water partition coefficient (Wildman–Crippen LogP) is 2.84. The molecule has 1 aliphatic heterocycles. The highest BCUT2D eigenvalue weighted by Gasteiger charge is 2.21. The molecule has 3 rings (SSSR count). The smallest absolute Gasteiger partial charge is 0.112 e. The first-order chi connectivity index (χ1) is 10.6. The maximum Gasteiger partial charge on any atom is 0.112 e. The van der Waals surface area contributed by atoms with Crippen molar-refractivity contribution in [1.29, 1.82) is 0 Å². The summed E-state index contributed by atoms with van der Waals surface area (Å²) >= 11 is 0. The van der Waals surface area contributed by atoms with Crippen LogP contribution in [0.3, 0.4) is 0 Å². The Morgan fingerprint density at radius 1 is 1.23 bits per heavy atom. The Bertz CT molecular complexity index is 611. The summed E-state index contributed by atoms with van der Waals surface area (Å²) in [6.07, 6.45) is 7.23. The first-order valence-electron chi connectivity index (χ1n) is 8.19. The van der Waals surface area contributed by atoms with E-state index in [9.17, 15) is 0 Å². The van der Waals surface area contributed by atoms with Crippen LogP contribution in [-0.4, -0.2) is 44.2 Å². The van der Waals surface area contributed by atoms with Crippen LogP contribution in [0.4, 0.5) is 0 Å². The minimum absolute atomic E-state index is 0.659. The van der Waals surface area contributed by atoms with Gasteiger partial charge >= 0.3 is 0 Å². The van der Waals surface area contributed by atoms with Gasteiger partial charge in [0, 0.05) is 17.9 Å². The monoisotopic (exact) mass is 299 g/mol. The summed E-state index contributed by atoms with van der Waals surface area (Å²) in [6.45, 7) is 8.96. The van der Waals surface area contributed by atoms with E-state index < -0.39 is 0 Å². The van der Waals surface area contributed by atoms with Gasteiger partial charge in [-0.3, -0.25) is 10.1 Å². The number of aryl methyl sites for hydroxylation is 1. The van der Waals surface area contributed by atoms with Gasteiger partial charge in [0.1, 0.15) is 11.4 Å². The molecule has 5 heteroatoms. The van der Waals surface area contributed by atoms with Crippen molar-refractivity contribution in [2.75, 3.05) is 13.1 Å². The summed E-state index contributed by atoms with van der Waals surface area (Å²) in [5.74, 6) is 0.723. The summed E-state index contributed by atoms with van der Waals surface area (Å²) in [7, 11) is 0. The normalized spacial score (nSPS) is 17.3. The molecule has 0 bridgehead atoms. The SMILES string of the molecule is Cc1cc(-c2cncc(CC3CCN(C(C)C)CC3)n2)n[nH]1. The van der Waals surface area contributed by atoms with Gasteiger partial charge in [0.2, 0.25) is 0 Å². The molecule has 118 valence electrons. The van der Waals surface area contributed by atoms with Gasteiger partial charge in [0.05, 0.1) is 11.9 Å². The third kappa shape index (κ3) is 3.53. The fourth-order valence-corrected chi connectivity index (χ4v) is 3.15. The molecule has 1 fully saturated rings. The Morgan fingerprint density at radius 2 is 2.00 bits per heavy atom. The molecule has 22 heavy (non-hydrogen) atoms. The van der Waals surface area contributed by atoms with Crippen molar-refractivity contribution in [3.05, 3.63) is 29.8 Å². The van der Waals surface area contributed by atoms with Crippen LogP contribution in [-0.2, 0) is 6.42 Å². The average Bonchev–Trinajstić information content (AvgIpc) is 2.95. The second-order valence-electron chi connectivity index (χ2n) is 6.61. The maximum atomic E-state index is 4.75. The Balaban J connectivity index is 1.64. The van der Waals surface area contributed by atoms with Crippen LogP contribution in [0.25, 0.3) is 11.4 Å². The fourth-order valence-electron chi connectivity index (χ4n) is 3.15. The van der Waals surface area contributed by atoms with Gasteiger partial charge in [-0.15, -0.1) is 0 Å². The quantitative estimate of drug-likeness (QED) is 0.943. The van der Waals surface area contributed by atoms with Crippen LogP contribution in [0.2, 0.25) is 0 Å². The lowest BCUT2D eigenvalue weighted by Gasteiger charge is -2.34. The minimum atomic E-state index is 0.659. The Morgan fingerprint density at radius 3 is 2.64 bits per heavy atom. The number of nitrogens with one attached hydrogen (secondary N) is 1. The predicted molar refractivity (Wildman–Crippen MR) is 87.5 cm³/mol. The van der Waals surface area contributed by atoms with E-state index in [2.05, 4.69) is 33.9 Å². The van der Waals surface area contributed by atoms with E-state index in [1.54, 1.807) is 6.20 Å². The molecule has 0 spiro atoms. The first kappa shape index (κ1) is 15.2. The highest BCUT2D eigenvalue weighted by Crippen LogP contribution is 2.23. The van der Waals surface area contributed by atoms with Crippen molar-refractivity contribution in [3.63, 3.8) is 0 Å². The number of H-pyrrole nitrogens is 1. The van der Waals surface area contributed by atoms with E-state index in [0.29, 0.717) is 6.04 Å². The number of hydrogen-bond acceptors (Lipinski definition) is 4. The van der Waals surface area contributed by atoms with Crippen molar-refractivity contribution in [2.24, 2.45) is 5.92 Å². The number of rotatable bonds is 4. The Labute approximate surface area is 132 Å². The van der Waals surface area contributed by atoms with Crippen LogP contribution in [0.1, 0.15) is 38.1 Å². The highest BCUT2D eigenvalue weighted by molar-refractivity contribution is 5.52. The van der Waals surface area contributed by atoms with Gasteiger partial charge in [-0.2, -0.15) is 5.10 Å². The Kier molecular flexibility index (Phi) is 4.52. The van der Waals surface area contributed by atoms with Crippen molar-refractivity contribution in [3.8, 4) is 11.4 Å². The standard InChI is InChI=1S/C17H25N5/c1-12(2)22-6-4-14(5-7-22)9-15-10-18-11-17(19-15)16-8-13(3)20-21-16/h8,10-12,14H,4-7,9H2,1-3H3,(H,20,21). The molecule has 0 saturated carbocycles. The van der Waals surface area contributed by atoms with Crippen molar-refractivity contribution in [2.45, 2.75) is 46.1 Å². The second kappa shape index (κ2) is 6.57. The molecule has 0 unspecified atom stereocenters. The molecule has 1 saturated heterocycles. The molecule has 0 aliphatic carbocycles. The van der Waals surface area contributed by atoms with Crippen LogP contribution in [0.5, 0.6) is 0 Å². The summed E-state index contributed by atoms with van der Waals surface area (Å²) in [6, 6.07) is 2.67. The molecular formula is C17H25N5. The van der Waals surface area contributed by atoms with Crippen LogP contribution in [0.15, 0.2) is 18.5 Å². The van der Waals surface area contributed by atoms with E-state index in [1.807, 2.05) is 19.2 Å². The van der Waals surface area contributed by atoms with Gasteiger partial charge in [-0.25, -0.2) is 4.98 Å². The van der Waals surface area contributed by atoms with Crippen molar-refractivity contribution in [1.82, 2.24) is 25.1 Å². The van der Waals surface area contributed by atoms with Crippen LogP contribution < -0.4 is 0 Å². The number of piperidine rings is 1. The van der Waals surface area contributed by atoms with E-state index in [0.717, 1.165) is 35.1 Å². The topological polar surface area (TPSA) is 57.7 Å². The van der Waals surface area contributed by atoms with E-state index in [1.165, 1.54) is 25.9 Å². The van der Waals surface area contributed by atoms with Gasteiger partial charge in [-0.05, 0) is 65.1 Å². The fraction of sp³-hybridized carbons (Fsp3) is 0.588. The zero-order valence-corrected chi connectivity index (χ0v) is 13.7. The second-order valence-corrected chi connectivity index (χ2v) is 6.61. The molecule has 1 N–H and O–H groups in total. The van der Waals surface area contributed by atoms with Gasteiger partial charge in [0.15, 0.2) is 0 Å². The molecule has 5 nitrogen and oxygen atoms in total. The summed E-state index contributed by atoms with van der Waals surface area (Å²) < 4.78 is 0. The molecule has 0 atom stereocenters. The highest BCUT2D eigenvalue weighted by atomic mass is 15.1. The maximum absolute atomic E-state index is 4.75. The molecule has 0 amide bonds. The van der Waals surface area contributed by atoms with Crippen molar-refractivity contribution >= 4 is 0 Å². The summed E-state index contributed by atoms with van der Waals surface area (Å²) in [5, 5.41) is 7.23. The lowest BCUT2D eigenvalue weighted by atomic mass is 9.91. The molecule has 0 aromatic carbocycles.